The fraction of sp³-hybridized carbons (Fsp3) is 0.263. The molecular weight excluding hydrogens is 380 g/mol. The Hall–Kier alpha value is -2.45. The van der Waals surface area contributed by atoms with Crippen molar-refractivity contribution in [2.24, 2.45) is 0 Å². The van der Waals surface area contributed by atoms with E-state index in [1.165, 1.54) is 23.1 Å². The van der Waals surface area contributed by atoms with E-state index >= 15 is 0 Å². The lowest BCUT2D eigenvalue weighted by molar-refractivity contribution is -0.114. The molecule has 2 N–H and O–H groups in total. The maximum atomic E-state index is 12.2. The summed E-state index contributed by atoms with van der Waals surface area (Å²) in [6, 6.07) is 13.7. The molecule has 2 amide bonds. The third-order valence-corrected chi connectivity index (χ3v) is 5.78. The van der Waals surface area contributed by atoms with Gasteiger partial charge in [-0.05, 0) is 11.5 Å². The summed E-state index contributed by atoms with van der Waals surface area (Å²) in [5.41, 5.74) is 0.776. The third kappa shape index (κ3) is 5.27. The molecule has 0 unspecified atom stereocenters. The van der Waals surface area contributed by atoms with Crippen molar-refractivity contribution in [1.29, 1.82) is 0 Å². The molecule has 8 heteroatoms. The van der Waals surface area contributed by atoms with Crippen LogP contribution in [-0.2, 0) is 9.59 Å². The van der Waals surface area contributed by atoms with Gasteiger partial charge in [-0.3, -0.25) is 14.9 Å². The van der Waals surface area contributed by atoms with Crippen LogP contribution in [-0.4, -0.2) is 33.5 Å². The minimum atomic E-state index is -0.190. The Morgan fingerprint density at radius 1 is 1.00 bits per heavy atom. The number of thioether (sulfide) groups is 1. The number of carbonyl (C=O) groups excluding carboxylic acids is 2. The average molecular weight is 401 g/mol. The minimum Gasteiger partial charge on any atom is -0.325 e. The van der Waals surface area contributed by atoms with Crippen LogP contribution in [0.5, 0.6) is 0 Å². The van der Waals surface area contributed by atoms with Crippen LogP contribution in [0.15, 0.2) is 42.5 Å². The highest BCUT2D eigenvalue weighted by Crippen LogP contribution is 2.24. The highest BCUT2D eigenvalue weighted by Gasteiger charge is 2.12. The second-order valence-electron chi connectivity index (χ2n) is 6.22. The monoisotopic (exact) mass is 400 g/mol. The molecule has 0 fully saturated rings. The Balaban J connectivity index is 1.47. The predicted octanol–water partition coefficient (Wildman–Crippen LogP) is 4.13. The minimum absolute atomic E-state index is 0.137. The van der Waals surface area contributed by atoms with E-state index in [0.717, 1.165) is 21.5 Å². The normalized spacial score (nSPS) is 10.9. The summed E-state index contributed by atoms with van der Waals surface area (Å²) in [4.78, 5) is 24.2. The molecule has 0 radical (unpaired) electrons. The lowest BCUT2D eigenvalue weighted by Crippen LogP contribution is -2.18. The Kier molecular flexibility index (Phi) is 6.41. The van der Waals surface area contributed by atoms with Gasteiger partial charge in [0.2, 0.25) is 16.9 Å². The molecule has 0 aliphatic heterocycles. The summed E-state index contributed by atoms with van der Waals surface area (Å²) in [6.45, 7) is 4.05. The van der Waals surface area contributed by atoms with E-state index in [1.54, 1.807) is 0 Å². The number of hydrogen-bond donors (Lipinski definition) is 2. The third-order valence-electron chi connectivity index (χ3n) is 3.71. The molecule has 0 spiro atoms. The zero-order chi connectivity index (χ0) is 19.2. The molecule has 1 heterocycles. The average Bonchev–Trinajstić information content (AvgIpc) is 3.11. The van der Waals surface area contributed by atoms with Crippen LogP contribution in [0, 0.1) is 0 Å². The largest absolute Gasteiger partial charge is 0.325 e. The number of anilines is 2. The Morgan fingerprint density at radius 3 is 2.44 bits per heavy atom. The zero-order valence-corrected chi connectivity index (χ0v) is 16.7. The molecule has 0 bridgehead atoms. The number of benzene rings is 2. The van der Waals surface area contributed by atoms with Gasteiger partial charge in [-0.1, -0.05) is 61.6 Å². The van der Waals surface area contributed by atoms with Gasteiger partial charge in [0.15, 0.2) is 0 Å². The van der Waals surface area contributed by atoms with Crippen LogP contribution in [0.3, 0.4) is 0 Å². The summed E-state index contributed by atoms with van der Waals surface area (Å²) < 4.78 is 0. The van der Waals surface area contributed by atoms with Gasteiger partial charge in [-0.2, -0.15) is 0 Å². The molecule has 27 heavy (non-hydrogen) atoms. The number of amides is 2. The van der Waals surface area contributed by atoms with Crippen LogP contribution in [0.2, 0.25) is 0 Å². The summed E-state index contributed by atoms with van der Waals surface area (Å²) in [6.07, 6.45) is 0. The van der Waals surface area contributed by atoms with Gasteiger partial charge in [0.25, 0.3) is 0 Å². The number of nitrogens with one attached hydrogen (secondary N) is 2. The second kappa shape index (κ2) is 8.96. The fourth-order valence-electron chi connectivity index (χ4n) is 2.43. The number of aromatic nitrogens is 2. The zero-order valence-electron chi connectivity index (χ0n) is 15.1. The quantitative estimate of drug-likeness (QED) is 0.623. The first-order chi connectivity index (χ1) is 13.0. The maximum absolute atomic E-state index is 12.2. The first-order valence-corrected chi connectivity index (χ1v) is 10.5. The molecule has 3 rings (SSSR count). The molecule has 6 nitrogen and oxygen atoms in total. The molecule has 3 aromatic rings. The number of nitrogens with zero attached hydrogens (tertiary/aromatic N) is 2. The Morgan fingerprint density at radius 2 is 1.70 bits per heavy atom. The topological polar surface area (TPSA) is 84.0 Å². The van der Waals surface area contributed by atoms with Crippen molar-refractivity contribution in [2.75, 3.05) is 22.1 Å². The fourth-order valence-corrected chi connectivity index (χ4v) is 3.81. The van der Waals surface area contributed by atoms with E-state index in [2.05, 4.69) is 20.8 Å². The molecular formula is C19H20N4O2S2. The van der Waals surface area contributed by atoms with E-state index in [-0.39, 0.29) is 29.2 Å². The molecule has 0 saturated heterocycles. The Bertz CT molecular complexity index is 950. The van der Waals surface area contributed by atoms with Crippen molar-refractivity contribution in [2.45, 2.75) is 19.8 Å². The van der Waals surface area contributed by atoms with E-state index in [4.69, 9.17) is 0 Å². The molecule has 0 saturated carbocycles. The highest BCUT2D eigenvalue weighted by atomic mass is 32.2. The summed E-state index contributed by atoms with van der Waals surface area (Å²) in [5.74, 6) is 0.329. The Labute approximate surface area is 165 Å². The van der Waals surface area contributed by atoms with Crippen LogP contribution in [0.1, 0.15) is 24.8 Å². The number of carbonyl (C=O) groups is 2. The number of fused-ring (bicyclic) bond motifs is 1. The molecule has 140 valence electrons. The number of rotatable bonds is 7. The van der Waals surface area contributed by atoms with Crippen molar-refractivity contribution in [3.8, 4) is 0 Å². The summed E-state index contributed by atoms with van der Waals surface area (Å²) in [5, 5.41) is 17.1. The predicted molar refractivity (Wildman–Crippen MR) is 113 cm³/mol. The van der Waals surface area contributed by atoms with Crippen molar-refractivity contribution in [1.82, 2.24) is 10.2 Å². The van der Waals surface area contributed by atoms with Gasteiger partial charge >= 0.3 is 0 Å². The maximum Gasteiger partial charge on any atom is 0.236 e. The van der Waals surface area contributed by atoms with E-state index in [1.807, 2.05) is 56.3 Å². The van der Waals surface area contributed by atoms with Gasteiger partial charge in [0.05, 0.1) is 11.5 Å². The number of hydrogen-bond acceptors (Lipinski definition) is 6. The van der Waals surface area contributed by atoms with Crippen molar-refractivity contribution in [3.63, 3.8) is 0 Å². The second-order valence-corrected chi connectivity index (χ2v) is 8.21. The van der Waals surface area contributed by atoms with E-state index in [9.17, 15) is 9.59 Å². The van der Waals surface area contributed by atoms with Crippen molar-refractivity contribution < 1.29 is 9.59 Å². The van der Waals surface area contributed by atoms with Crippen LogP contribution in [0.4, 0.5) is 10.8 Å². The van der Waals surface area contributed by atoms with E-state index in [0.29, 0.717) is 5.13 Å². The molecule has 0 aliphatic carbocycles. The lowest BCUT2D eigenvalue weighted by atomic mass is 10.1. The van der Waals surface area contributed by atoms with Crippen molar-refractivity contribution in [3.05, 3.63) is 47.5 Å². The van der Waals surface area contributed by atoms with Crippen LogP contribution in [0.25, 0.3) is 10.8 Å². The molecule has 1 aromatic heterocycles. The molecule has 0 aliphatic rings. The first kappa shape index (κ1) is 19.3. The molecule has 2 aromatic carbocycles. The van der Waals surface area contributed by atoms with Gasteiger partial charge < -0.3 is 5.32 Å². The van der Waals surface area contributed by atoms with Gasteiger partial charge in [0.1, 0.15) is 5.01 Å². The van der Waals surface area contributed by atoms with Crippen LogP contribution >= 0.6 is 23.1 Å². The first-order valence-electron chi connectivity index (χ1n) is 8.51. The summed E-state index contributed by atoms with van der Waals surface area (Å²) >= 11 is 2.63. The smallest absolute Gasteiger partial charge is 0.236 e. The van der Waals surface area contributed by atoms with Gasteiger partial charge in [-0.25, -0.2) is 0 Å². The van der Waals surface area contributed by atoms with Crippen LogP contribution < -0.4 is 10.6 Å². The highest BCUT2D eigenvalue weighted by molar-refractivity contribution is 8.00. The van der Waals surface area contributed by atoms with E-state index < -0.39 is 0 Å². The van der Waals surface area contributed by atoms with Gasteiger partial charge in [0, 0.05) is 17.0 Å². The standard InChI is InChI=1S/C19H20N4O2S2/c1-12(2)18-22-23-19(27-18)21-17(25)11-26-10-16(24)20-15-9-5-7-13-6-3-4-8-14(13)15/h3-9,12H,10-11H2,1-2H3,(H,20,24)(H,21,23,25). The summed E-state index contributed by atoms with van der Waals surface area (Å²) in [7, 11) is 0. The SMILES string of the molecule is CC(C)c1nnc(NC(=O)CSCC(=O)Nc2cccc3ccccc23)s1. The lowest BCUT2D eigenvalue weighted by Gasteiger charge is -2.08. The molecule has 0 atom stereocenters. The van der Waals surface area contributed by atoms with Gasteiger partial charge in [-0.15, -0.1) is 22.0 Å². The van der Waals surface area contributed by atoms with Crippen molar-refractivity contribution >= 4 is 56.5 Å².